The first kappa shape index (κ1) is 19.6. The lowest BCUT2D eigenvalue weighted by molar-refractivity contribution is 0.542. The predicted octanol–water partition coefficient (Wildman–Crippen LogP) is 7.64. The summed E-state index contributed by atoms with van der Waals surface area (Å²) in [5.74, 6) is 0.773. The number of nitrogens with two attached hydrogens (primary N) is 1. The lowest BCUT2D eigenvalue weighted by Crippen LogP contribution is -2.09. The summed E-state index contributed by atoms with van der Waals surface area (Å²) in [5, 5.41) is 6.79. The van der Waals surface area contributed by atoms with Crippen LogP contribution in [0.4, 0.5) is 5.69 Å². The fourth-order valence-corrected chi connectivity index (χ4v) is 5.02. The van der Waals surface area contributed by atoms with Gasteiger partial charge in [0.05, 0.1) is 5.52 Å². The van der Waals surface area contributed by atoms with Gasteiger partial charge in [0.15, 0.2) is 0 Å². The average Bonchev–Trinajstić information content (AvgIpc) is 2.83. The summed E-state index contributed by atoms with van der Waals surface area (Å²) in [6.07, 6.45) is 7.00. The van der Waals surface area contributed by atoms with Crippen molar-refractivity contribution in [3.8, 4) is 0 Å². The molecule has 6 rings (SSSR count). The summed E-state index contributed by atoms with van der Waals surface area (Å²) in [4.78, 5) is 4.16. The van der Waals surface area contributed by atoms with E-state index in [0.717, 1.165) is 22.5 Å². The second-order valence-corrected chi connectivity index (χ2v) is 8.47. The zero-order valence-electron chi connectivity index (χ0n) is 18.0. The van der Waals surface area contributed by atoms with Gasteiger partial charge in [0.2, 0.25) is 0 Å². The maximum absolute atomic E-state index is 5.58. The van der Waals surface area contributed by atoms with Gasteiger partial charge in [0.25, 0.3) is 0 Å². The van der Waals surface area contributed by atoms with Crippen molar-refractivity contribution in [2.24, 2.45) is 0 Å². The van der Waals surface area contributed by atoms with Crippen molar-refractivity contribution in [2.45, 2.75) is 38.5 Å². The fraction of sp³-hybridized carbons (Fsp3) is 0.207. The molecular weight excluding hydrogens is 376 g/mol. The molecule has 0 radical (unpaired) electrons. The van der Waals surface area contributed by atoms with E-state index in [-0.39, 0.29) is 0 Å². The summed E-state index contributed by atoms with van der Waals surface area (Å²) in [5.41, 5.74) is 10.5. The van der Waals surface area contributed by atoms with Crippen molar-refractivity contribution in [1.82, 2.24) is 4.98 Å². The third-order valence-corrected chi connectivity index (χ3v) is 6.62. The number of fused-ring (bicyclic) bond motifs is 6. The van der Waals surface area contributed by atoms with E-state index in [1.54, 1.807) is 17.3 Å². The molecule has 0 aliphatic heterocycles. The molecule has 0 fully saturated rings. The average molecular weight is 405 g/mol. The molecule has 2 nitrogen and oxygen atoms in total. The Morgan fingerprint density at radius 1 is 0.839 bits per heavy atom. The molecule has 0 saturated carbocycles. The van der Waals surface area contributed by atoms with Crippen molar-refractivity contribution in [3.63, 3.8) is 0 Å². The number of aryl methyl sites for hydroxylation is 1. The van der Waals surface area contributed by atoms with E-state index >= 15 is 0 Å². The van der Waals surface area contributed by atoms with E-state index in [0.29, 0.717) is 0 Å². The van der Waals surface area contributed by atoms with E-state index in [2.05, 4.69) is 60.4 Å². The fourth-order valence-electron chi connectivity index (χ4n) is 5.02. The number of benzene rings is 4. The standard InChI is InChI=1S/C20H20.C9H8N2/c1-2-14-7-5-9-18-17(14)12-13-19-16-8-4-3-6-15(16)10-11-20(18)19;10-8-4-3-7-2-1-5-11-9(7)6-8/h3-4,6,8,10-14H,2,5,7,9H2,1H3;1-6H,10H2. The third-order valence-electron chi connectivity index (χ3n) is 6.62. The van der Waals surface area contributed by atoms with Gasteiger partial charge in [-0.1, -0.05) is 67.6 Å². The van der Waals surface area contributed by atoms with E-state index in [1.165, 1.54) is 47.2 Å². The number of anilines is 1. The van der Waals surface area contributed by atoms with Crippen LogP contribution >= 0.6 is 0 Å². The van der Waals surface area contributed by atoms with Gasteiger partial charge in [-0.25, -0.2) is 0 Å². The molecule has 0 bridgehead atoms. The predicted molar refractivity (Wildman–Crippen MR) is 134 cm³/mol. The molecule has 0 spiro atoms. The van der Waals surface area contributed by atoms with Crippen molar-refractivity contribution in [1.29, 1.82) is 0 Å². The first-order valence-corrected chi connectivity index (χ1v) is 11.3. The van der Waals surface area contributed by atoms with E-state index < -0.39 is 0 Å². The quantitative estimate of drug-likeness (QED) is 0.230. The maximum Gasteiger partial charge on any atom is 0.0722 e. The van der Waals surface area contributed by atoms with Gasteiger partial charge in [-0.2, -0.15) is 0 Å². The van der Waals surface area contributed by atoms with Crippen LogP contribution in [0.15, 0.2) is 85.1 Å². The minimum Gasteiger partial charge on any atom is -0.399 e. The molecule has 0 amide bonds. The molecule has 1 aromatic heterocycles. The van der Waals surface area contributed by atoms with Crippen LogP contribution in [0.25, 0.3) is 32.4 Å². The Balaban J connectivity index is 0.000000157. The van der Waals surface area contributed by atoms with E-state index in [1.807, 2.05) is 30.3 Å². The van der Waals surface area contributed by atoms with Crippen LogP contribution < -0.4 is 5.73 Å². The summed E-state index contributed by atoms with van der Waals surface area (Å²) >= 11 is 0. The highest BCUT2D eigenvalue weighted by atomic mass is 14.7. The second kappa shape index (κ2) is 8.39. The van der Waals surface area contributed by atoms with Crippen LogP contribution in [0.3, 0.4) is 0 Å². The number of pyridine rings is 1. The minimum atomic E-state index is 0.760. The summed E-state index contributed by atoms with van der Waals surface area (Å²) in [7, 11) is 0. The Kier molecular flexibility index (Phi) is 5.30. The van der Waals surface area contributed by atoms with Gasteiger partial charge in [-0.05, 0) is 82.5 Å². The van der Waals surface area contributed by atoms with E-state index in [9.17, 15) is 0 Å². The molecule has 1 unspecified atom stereocenters. The molecular formula is C29H28N2. The smallest absolute Gasteiger partial charge is 0.0722 e. The number of aromatic nitrogens is 1. The SMILES string of the molecule is CCC1CCCc2c1ccc1c2ccc2ccccc21.Nc1ccc2cccnc2c1. The molecule has 1 aliphatic rings. The molecule has 31 heavy (non-hydrogen) atoms. The summed E-state index contributed by atoms with van der Waals surface area (Å²) in [6.45, 7) is 2.32. The van der Waals surface area contributed by atoms with Gasteiger partial charge < -0.3 is 5.73 Å². The third kappa shape index (κ3) is 3.74. The number of hydrogen-bond donors (Lipinski definition) is 1. The van der Waals surface area contributed by atoms with Gasteiger partial charge in [-0.3, -0.25) is 4.98 Å². The first-order valence-electron chi connectivity index (χ1n) is 11.3. The van der Waals surface area contributed by atoms with Crippen LogP contribution in [0, 0.1) is 0 Å². The number of nitrogen functional groups attached to an aromatic ring is 1. The van der Waals surface area contributed by atoms with Crippen molar-refractivity contribution in [2.75, 3.05) is 5.73 Å². The Labute approximate surface area is 183 Å². The Morgan fingerprint density at radius 2 is 1.65 bits per heavy atom. The largest absolute Gasteiger partial charge is 0.399 e. The maximum atomic E-state index is 5.58. The van der Waals surface area contributed by atoms with Gasteiger partial charge >= 0.3 is 0 Å². The van der Waals surface area contributed by atoms with Gasteiger partial charge in [-0.15, -0.1) is 0 Å². The summed E-state index contributed by atoms with van der Waals surface area (Å²) in [6, 6.07) is 27.8. The lowest BCUT2D eigenvalue weighted by Gasteiger charge is -2.26. The second-order valence-electron chi connectivity index (χ2n) is 8.47. The van der Waals surface area contributed by atoms with E-state index in [4.69, 9.17) is 5.73 Å². The molecule has 2 heteroatoms. The van der Waals surface area contributed by atoms with Gasteiger partial charge in [0, 0.05) is 17.3 Å². The molecule has 4 aromatic carbocycles. The van der Waals surface area contributed by atoms with Crippen LogP contribution in [0.5, 0.6) is 0 Å². The van der Waals surface area contributed by atoms with Crippen LogP contribution in [0.2, 0.25) is 0 Å². The number of rotatable bonds is 1. The van der Waals surface area contributed by atoms with Crippen LogP contribution in [-0.4, -0.2) is 4.98 Å². The van der Waals surface area contributed by atoms with Crippen molar-refractivity contribution >= 4 is 38.1 Å². The molecule has 154 valence electrons. The summed E-state index contributed by atoms with van der Waals surface area (Å²) < 4.78 is 0. The molecule has 1 heterocycles. The van der Waals surface area contributed by atoms with Crippen molar-refractivity contribution < 1.29 is 0 Å². The minimum absolute atomic E-state index is 0.760. The van der Waals surface area contributed by atoms with Crippen LogP contribution in [-0.2, 0) is 6.42 Å². The number of nitrogens with zero attached hydrogens (tertiary/aromatic N) is 1. The zero-order valence-corrected chi connectivity index (χ0v) is 18.0. The molecule has 1 atom stereocenters. The molecule has 2 N–H and O–H groups in total. The molecule has 1 aliphatic carbocycles. The monoisotopic (exact) mass is 404 g/mol. The normalized spacial score (nSPS) is 15.5. The highest BCUT2D eigenvalue weighted by molar-refractivity contribution is 6.08. The zero-order chi connectivity index (χ0) is 21.2. The van der Waals surface area contributed by atoms with Crippen molar-refractivity contribution in [3.05, 3.63) is 96.2 Å². The van der Waals surface area contributed by atoms with Crippen LogP contribution in [0.1, 0.15) is 43.2 Å². The highest BCUT2D eigenvalue weighted by Crippen LogP contribution is 2.39. The Hall–Kier alpha value is -3.39. The molecule has 5 aromatic rings. The Bertz CT molecular complexity index is 1370. The lowest BCUT2D eigenvalue weighted by atomic mass is 9.79. The Morgan fingerprint density at radius 3 is 2.55 bits per heavy atom. The molecule has 0 saturated heterocycles. The van der Waals surface area contributed by atoms with Gasteiger partial charge in [0.1, 0.15) is 0 Å². The highest BCUT2D eigenvalue weighted by Gasteiger charge is 2.20. The number of hydrogen-bond acceptors (Lipinski definition) is 2. The first-order chi connectivity index (χ1) is 15.2. The topological polar surface area (TPSA) is 38.9 Å².